The van der Waals surface area contributed by atoms with Crippen LogP contribution < -0.4 is 10.5 Å². The van der Waals surface area contributed by atoms with Gasteiger partial charge in [-0.25, -0.2) is 0 Å². The van der Waals surface area contributed by atoms with E-state index in [1.54, 1.807) is 18.5 Å². The van der Waals surface area contributed by atoms with E-state index in [2.05, 4.69) is 4.98 Å². The van der Waals surface area contributed by atoms with E-state index in [1.807, 2.05) is 6.92 Å². The van der Waals surface area contributed by atoms with Crippen LogP contribution in [0.3, 0.4) is 0 Å². The minimum absolute atomic E-state index is 0.621. The molecule has 1 heterocycles. The lowest BCUT2D eigenvalue weighted by molar-refractivity contribution is 0.340. The summed E-state index contributed by atoms with van der Waals surface area (Å²) in [4.78, 5) is 3.86. The predicted octanol–water partition coefficient (Wildman–Crippen LogP) is 1.06. The number of ether oxygens (including phenoxy) is 1. The smallest absolute Gasteiger partial charge is 0.160 e. The molecule has 1 rings (SSSR count). The zero-order chi connectivity index (χ0) is 7.40. The first-order valence-corrected chi connectivity index (χ1v) is 3.17. The monoisotopic (exact) mass is 138 g/mol. The molecule has 2 N–H and O–H groups in total. The molecular formula is C7H10N2O. The Hall–Kier alpha value is -1.25. The number of nitrogens with zero attached hydrogens (tertiary/aromatic N) is 1. The van der Waals surface area contributed by atoms with Crippen LogP contribution in [0.2, 0.25) is 0 Å². The molecule has 10 heavy (non-hydrogen) atoms. The molecular weight excluding hydrogens is 128 g/mol. The lowest BCUT2D eigenvalue weighted by Crippen LogP contribution is -1.96. The Labute approximate surface area is 59.8 Å². The van der Waals surface area contributed by atoms with Crippen molar-refractivity contribution in [3.8, 4) is 5.75 Å². The van der Waals surface area contributed by atoms with Crippen molar-refractivity contribution in [2.45, 2.75) is 6.92 Å². The van der Waals surface area contributed by atoms with E-state index < -0.39 is 0 Å². The molecule has 0 atom stereocenters. The highest BCUT2D eigenvalue weighted by Gasteiger charge is 1.95. The van der Waals surface area contributed by atoms with Gasteiger partial charge in [0.1, 0.15) is 0 Å². The van der Waals surface area contributed by atoms with Gasteiger partial charge in [0.15, 0.2) is 5.75 Å². The number of anilines is 1. The van der Waals surface area contributed by atoms with E-state index in [9.17, 15) is 0 Å². The van der Waals surface area contributed by atoms with Gasteiger partial charge in [0.2, 0.25) is 0 Å². The zero-order valence-corrected chi connectivity index (χ0v) is 5.87. The average Bonchev–Trinajstić information content (AvgIpc) is 1.94. The average molecular weight is 138 g/mol. The lowest BCUT2D eigenvalue weighted by atomic mass is 10.4. The van der Waals surface area contributed by atoms with E-state index in [0.29, 0.717) is 18.0 Å². The standard InChI is InChI=1S/C7H10N2O/c1-2-10-7-5-9-4-3-6(7)8/h3-5H,2H2,1H3,(H2,8,9). The molecule has 0 aromatic carbocycles. The third-order valence-electron chi connectivity index (χ3n) is 1.12. The minimum atomic E-state index is 0.621. The second kappa shape index (κ2) is 3.06. The summed E-state index contributed by atoms with van der Waals surface area (Å²) in [6, 6.07) is 1.71. The summed E-state index contributed by atoms with van der Waals surface area (Å²) in [5.74, 6) is 0.657. The van der Waals surface area contributed by atoms with Crippen molar-refractivity contribution < 1.29 is 4.74 Å². The first-order chi connectivity index (χ1) is 4.84. The molecule has 0 spiro atoms. The third kappa shape index (κ3) is 1.37. The van der Waals surface area contributed by atoms with Crippen molar-refractivity contribution in [3.63, 3.8) is 0 Å². The SMILES string of the molecule is CCOc1cnccc1N. The van der Waals surface area contributed by atoms with E-state index in [1.165, 1.54) is 0 Å². The van der Waals surface area contributed by atoms with E-state index in [0.717, 1.165) is 0 Å². The van der Waals surface area contributed by atoms with Crippen LogP contribution in [-0.2, 0) is 0 Å². The van der Waals surface area contributed by atoms with Crippen molar-refractivity contribution in [2.75, 3.05) is 12.3 Å². The fourth-order valence-corrected chi connectivity index (χ4v) is 0.667. The summed E-state index contributed by atoms with van der Waals surface area (Å²) in [6.45, 7) is 2.53. The van der Waals surface area contributed by atoms with Crippen LogP contribution in [0.15, 0.2) is 18.5 Å². The van der Waals surface area contributed by atoms with Crippen molar-refractivity contribution in [1.29, 1.82) is 0 Å². The zero-order valence-electron chi connectivity index (χ0n) is 5.87. The third-order valence-corrected chi connectivity index (χ3v) is 1.12. The summed E-state index contributed by atoms with van der Waals surface area (Å²) in [5, 5.41) is 0. The van der Waals surface area contributed by atoms with E-state index in [-0.39, 0.29) is 0 Å². The highest BCUT2D eigenvalue weighted by atomic mass is 16.5. The minimum Gasteiger partial charge on any atom is -0.490 e. The highest BCUT2D eigenvalue weighted by molar-refractivity contribution is 5.49. The van der Waals surface area contributed by atoms with Crippen molar-refractivity contribution >= 4 is 5.69 Å². The molecule has 0 fully saturated rings. The van der Waals surface area contributed by atoms with E-state index >= 15 is 0 Å². The fraction of sp³-hybridized carbons (Fsp3) is 0.286. The van der Waals surface area contributed by atoms with Crippen LogP contribution in [0.25, 0.3) is 0 Å². The number of hydrogen-bond acceptors (Lipinski definition) is 3. The second-order valence-corrected chi connectivity index (χ2v) is 1.85. The number of aromatic nitrogens is 1. The topological polar surface area (TPSA) is 48.1 Å². The Morgan fingerprint density at radius 3 is 3.10 bits per heavy atom. The summed E-state index contributed by atoms with van der Waals surface area (Å²) >= 11 is 0. The number of nitrogen functional groups attached to an aromatic ring is 1. The van der Waals surface area contributed by atoms with Crippen molar-refractivity contribution in [3.05, 3.63) is 18.5 Å². The molecule has 0 unspecified atom stereocenters. The normalized spacial score (nSPS) is 9.30. The lowest BCUT2D eigenvalue weighted by Gasteiger charge is -2.03. The highest BCUT2D eigenvalue weighted by Crippen LogP contribution is 2.17. The molecule has 0 aliphatic carbocycles. The van der Waals surface area contributed by atoms with Gasteiger partial charge in [-0.3, -0.25) is 4.98 Å². The Morgan fingerprint density at radius 1 is 1.70 bits per heavy atom. The maximum atomic E-state index is 5.54. The van der Waals surface area contributed by atoms with Gasteiger partial charge in [0.05, 0.1) is 18.5 Å². The Bertz CT molecular complexity index is 213. The van der Waals surface area contributed by atoms with Gasteiger partial charge in [-0.15, -0.1) is 0 Å². The molecule has 0 saturated carbocycles. The molecule has 1 aromatic heterocycles. The summed E-state index contributed by atoms with van der Waals surface area (Å²) in [7, 11) is 0. The second-order valence-electron chi connectivity index (χ2n) is 1.85. The Balaban J connectivity index is 2.81. The van der Waals surface area contributed by atoms with Gasteiger partial charge in [0, 0.05) is 6.20 Å². The van der Waals surface area contributed by atoms with Gasteiger partial charge in [-0.1, -0.05) is 0 Å². The molecule has 0 aliphatic heterocycles. The van der Waals surface area contributed by atoms with Crippen LogP contribution in [0, 0.1) is 0 Å². The van der Waals surface area contributed by atoms with Gasteiger partial charge < -0.3 is 10.5 Å². The van der Waals surface area contributed by atoms with Gasteiger partial charge in [-0.2, -0.15) is 0 Å². The first-order valence-electron chi connectivity index (χ1n) is 3.17. The van der Waals surface area contributed by atoms with Crippen molar-refractivity contribution in [1.82, 2.24) is 4.98 Å². The number of nitrogens with two attached hydrogens (primary N) is 1. The van der Waals surface area contributed by atoms with Gasteiger partial charge in [-0.05, 0) is 13.0 Å². The molecule has 3 heteroatoms. The molecule has 1 aromatic rings. The Morgan fingerprint density at radius 2 is 2.50 bits per heavy atom. The fourth-order valence-electron chi connectivity index (χ4n) is 0.667. The molecule has 0 bridgehead atoms. The van der Waals surface area contributed by atoms with Crippen molar-refractivity contribution in [2.24, 2.45) is 0 Å². The van der Waals surface area contributed by atoms with Gasteiger partial charge >= 0.3 is 0 Å². The summed E-state index contributed by atoms with van der Waals surface area (Å²) in [5.41, 5.74) is 6.18. The van der Waals surface area contributed by atoms with Crippen LogP contribution in [-0.4, -0.2) is 11.6 Å². The largest absolute Gasteiger partial charge is 0.490 e. The van der Waals surface area contributed by atoms with Crippen LogP contribution in [0.4, 0.5) is 5.69 Å². The summed E-state index contributed by atoms with van der Waals surface area (Å²) < 4.78 is 5.15. The summed E-state index contributed by atoms with van der Waals surface area (Å²) in [6.07, 6.45) is 3.25. The number of rotatable bonds is 2. The molecule has 0 aliphatic rings. The van der Waals surface area contributed by atoms with Crippen LogP contribution in [0.5, 0.6) is 5.75 Å². The molecule has 0 amide bonds. The predicted molar refractivity (Wildman–Crippen MR) is 39.8 cm³/mol. The molecule has 0 radical (unpaired) electrons. The van der Waals surface area contributed by atoms with Crippen LogP contribution >= 0.6 is 0 Å². The number of hydrogen-bond donors (Lipinski definition) is 1. The molecule has 3 nitrogen and oxygen atoms in total. The molecule has 54 valence electrons. The van der Waals surface area contributed by atoms with Crippen LogP contribution in [0.1, 0.15) is 6.92 Å². The van der Waals surface area contributed by atoms with E-state index in [4.69, 9.17) is 10.5 Å². The quantitative estimate of drug-likeness (QED) is 0.664. The Kier molecular flexibility index (Phi) is 2.10. The first kappa shape index (κ1) is 6.86. The van der Waals surface area contributed by atoms with Gasteiger partial charge in [0.25, 0.3) is 0 Å². The maximum Gasteiger partial charge on any atom is 0.160 e. The molecule has 0 saturated heterocycles. The maximum absolute atomic E-state index is 5.54. The number of pyridine rings is 1.